The molecule has 2 rings (SSSR count). The van der Waals surface area contributed by atoms with Crippen LogP contribution in [0.2, 0.25) is 0 Å². The van der Waals surface area contributed by atoms with E-state index in [9.17, 15) is 9.59 Å². The number of pyridine rings is 1. The summed E-state index contributed by atoms with van der Waals surface area (Å²) in [7, 11) is 1.34. The van der Waals surface area contributed by atoms with E-state index in [1.54, 1.807) is 6.20 Å². The minimum absolute atomic E-state index is 0.163. The van der Waals surface area contributed by atoms with Crippen LogP contribution in [-0.4, -0.2) is 30.7 Å². The summed E-state index contributed by atoms with van der Waals surface area (Å²) in [4.78, 5) is 29.7. The minimum Gasteiger partial charge on any atom is -0.469 e. The summed E-state index contributed by atoms with van der Waals surface area (Å²) in [5.41, 5.74) is 1.86. The molecule has 0 radical (unpaired) electrons. The van der Waals surface area contributed by atoms with Gasteiger partial charge in [-0.1, -0.05) is 30.3 Å². The van der Waals surface area contributed by atoms with Crippen LogP contribution >= 0.6 is 15.9 Å². The molecule has 1 heterocycles. The predicted octanol–water partition coefficient (Wildman–Crippen LogP) is 4.25. The number of carbonyl (C=O) groups excluding carboxylic acids is 2. The van der Waals surface area contributed by atoms with Crippen LogP contribution in [0.25, 0.3) is 0 Å². The maximum absolute atomic E-state index is 12.6. The first-order chi connectivity index (χ1) is 12.5. The maximum Gasteiger partial charge on any atom is 0.415 e. The van der Waals surface area contributed by atoms with Crippen molar-refractivity contribution in [3.63, 3.8) is 0 Å². The molecular formula is C19H21BrN2O4. The number of methoxy groups -OCH3 is 1. The highest BCUT2D eigenvalue weighted by Gasteiger charge is 2.21. The molecule has 0 atom stereocenters. The van der Waals surface area contributed by atoms with Gasteiger partial charge in [-0.25, -0.2) is 9.78 Å². The van der Waals surface area contributed by atoms with E-state index in [2.05, 4.69) is 25.7 Å². The molecule has 1 amide bonds. The number of rotatable bonds is 7. The second kappa shape index (κ2) is 9.91. The van der Waals surface area contributed by atoms with Crippen LogP contribution in [0.15, 0.2) is 47.1 Å². The Balaban J connectivity index is 2.10. The van der Waals surface area contributed by atoms with Gasteiger partial charge in [0.2, 0.25) is 0 Å². The van der Waals surface area contributed by atoms with E-state index in [1.165, 1.54) is 12.0 Å². The van der Waals surface area contributed by atoms with E-state index in [0.717, 1.165) is 11.1 Å². The predicted molar refractivity (Wildman–Crippen MR) is 102 cm³/mol. The molecule has 0 spiro atoms. The third-order valence-electron chi connectivity index (χ3n) is 3.63. The van der Waals surface area contributed by atoms with Gasteiger partial charge in [0.25, 0.3) is 0 Å². The molecule has 1 aromatic carbocycles. The highest BCUT2D eigenvalue weighted by Crippen LogP contribution is 2.25. The van der Waals surface area contributed by atoms with Crippen LogP contribution in [-0.2, 0) is 20.9 Å². The van der Waals surface area contributed by atoms with Gasteiger partial charge in [-0.3, -0.25) is 9.69 Å². The lowest BCUT2D eigenvalue weighted by Crippen LogP contribution is -2.33. The van der Waals surface area contributed by atoms with Gasteiger partial charge in [0, 0.05) is 19.2 Å². The van der Waals surface area contributed by atoms with Crippen LogP contribution in [0.5, 0.6) is 0 Å². The van der Waals surface area contributed by atoms with Crippen molar-refractivity contribution in [2.24, 2.45) is 0 Å². The summed E-state index contributed by atoms with van der Waals surface area (Å²) >= 11 is 3.44. The highest BCUT2D eigenvalue weighted by atomic mass is 79.9. The lowest BCUT2D eigenvalue weighted by atomic mass is 10.2. The second-order valence-corrected chi connectivity index (χ2v) is 6.54. The SMILES string of the molecule is COC(=O)CCCN(C(=O)OCc1ccccc1)c1ncc(C)cc1Br. The standard InChI is InChI=1S/C19H21BrN2O4/c1-14-11-16(20)18(21-12-14)22(10-6-9-17(23)25-2)19(24)26-13-15-7-4-3-5-8-15/h3-5,7-8,11-12H,6,9-10,13H2,1-2H3. The Bertz CT molecular complexity index is 752. The van der Waals surface area contributed by atoms with Crippen molar-refractivity contribution in [3.05, 3.63) is 58.2 Å². The summed E-state index contributed by atoms with van der Waals surface area (Å²) in [5.74, 6) is 0.136. The average molecular weight is 421 g/mol. The van der Waals surface area contributed by atoms with Gasteiger partial charge < -0.3 is 9.47 Å². The van der Waals surface area contributed by atoms with Crippen molar-refractivity contribution in [3.8, 4) is 0 Å². The zero-order valence-electron chi connectivity index (χ0n) is 14.8. The Kier molecular flexibility index (Phi) is 7.59. The molecule has 0 aliphatic heterocycles. The number of aryl methyl sites for hydroxylation is 1. The molecular weight excluding hydrogens is 400 g/mol. The van der Waals surface area contributed by atoms with Gasteiger partial charge >= 0.3 is 12.1 Å². The van der Waals surface area contributed by atoms with Gasteiger partial charge in [-0.15, -0.1) is 0 Å². The van der Waals surface area contributed by atoms with E-state index in [1.807, 2.05) is 43.3 Å². The fraction of sp³-hybridized carbons (Fsp3) is 0.316. The first-order valence-electron chi connectivity index (χ1n) is 8.18. The van der Waals surface area contributed by atoms with E-state index < -0.39 is 6.09 Å². The number of benzene rings is 1. The third kappa shape index (κ3) is 5.84. The minimum atomic E-state index is -0.518. The number of amides is 1. The normalized spacial score (nSPS) is 10.3. The maximum atomic E-state index is 12.6. The molecule has 138 valence electrons. The van der Waals surface area contributed by atoms with Gasteiger partial charge in [0.15, 0.2) is 5.82 Å². The number of carbonyl (C=O) groups is 2. The number of ether oxygens (including phenoxy) is 2. The van der Waals surface area contributed by atoms with Crippen LogP contribution < -0.4 is 4.90 Å². The Morgan fingerprint density at radius 1 is 1.23 bits per heavy atom. The Labute approximate surface area is 161 Å². The quantitative estimate of drug-likeness (QED) is 0.626. The molecule has 6 nitrogen and oxygen atoms in total. The first kappa shape index (κ1) is 19.9. The van der Waals surface area contributed by atoms with Gasteiger partial charge in [0.1, 0.15) is 6.61 Å². The lowest BCUT2D eigenvalue weighted by molar-refractivity contribution is -0.140. The van der Waals surface area contributed by atoms with Crippen LogP contribution in [0.3, 0.4) is 0 Å². The summed E-state index contributed by atoms with van der Waals surface area (Å²) < 4.78 is 10.8. The van der Waals surface area contributed by atoms with Crippen LogP contribution in [0.4, 0.5) is 10.6 Å². The smallest absolute Gasteiger partial charge is 0.415 e. The number of anilines is 1. The molecule has 0 saturated heterocycles. The van der Waals surface area contributed by atoms with Crippen LogP contribution in [0, 0.1) is 6.92 Å². The van der Waals surface area contributed by atoms with E-state index in [4.69, 9.17) is 4.74 Å². The molecule has 26 heavy (non-hydrogen) atoms. The van der Waals surface area contributed by atoms with Gasteiger partial charge in [-0.2, -0.15) is 0 Å². The summed E-state index contributed by atoms with van der Waals surface area (Å²) in [6.07, 6.45) is 1.81. The number of halogens is 1. The van der Waals surface area contributed by atoms with E-state index >= 15 is 0 Å². The highest BCUT2D eigenvalue weighted by molar-refractivity contribution is 9.10. The molecule has 0 fully saturated rings. The van der Waals surface area contributed by atoms with Crippen molar-refractivity contribution >= 4 is 33.8 Å². The van der Waals surface area contributed by atoms with Crippen molar-refractivity contribution in [2.75, 3.05) is 18.6 Å². The number of esters is 1. The number of hydrogen-bond acceptors (Lipinski definition) is 5. The second-order valence-electron chi connectivity index (χ2n) is 5.69. The summed E-state index contributed by atoms with van der Waals surface area (Å²) in [6.45, 7) is 2.37. The number of aromatic nitrogens is 1. The molecule has 0 saturated carbocycles. The Hall–Kier alpha value is -2.41. The molecule has 0 N–H and O–H groups in total. The number of nitrogens with zero attached hydrogens (tertiary/aromatic N) is 2. The molecule has 0 unspecified atom stereocenters. The Morgan fingerprint density at radius 2 is 1.96 bits per heavy atom. The van der Waals surface area contributed by atoms with E-state index in [0.29, 0.717) is 16.7 Å². The first-order valence-corrected chi connectivity index (χ1v) is 8.97. The fourth-order valence-electron chi connectivity index (χ4n) is 2.29. The molecule has 2 aromatic rings. The number of hydrogen-bond donors (Lipinski definition) is 0. The lowest BCUT2D eigenvalue weighted by Gasteiger charge is -2.22. The van der Waals surface area contributed by atoms with Crippen molar-refractivity contribution in [1.82, 2.24) is 4.98 Å². The van der Waals surface area contributed by atoms with Crippen LogP contribution in [0.1, 0.15) is 24.0 Å². The Morgan fingerprint density at radius 3 is 2.62 bits per heavy atom. The zero-order valence-corrected chi connectivity index (χ0v) is 16.4. The molecule has 0 aliphatic carbocycles. The van der Waals surface area contributed by atoms with Crippen molar-refractivity contribution < 1.29 is 19.1 Å². The zero-order chi connectivity index (χ0) is 18.9. The molecule has 0 aliphatic rings. The summed E-state index contributed by atoms with van der Waals surface area (Å²) in [5, 5.41) is 0. The molecule has 1 aromatic heterocycles. The molecule has 0 bridgehead atoms. The van der Waals surface area contributed by atoms with Crippen molar-refractivity contribution in [2.45, 2.75) is 26.4 Å². The summed E-state index contributed by atoms with van der Waals surface area (Å²) in [6, 6.07) is 11.3. The van der Waals surface area contributed by atoms with E-state index in [-0.39, 0.29) is 25.5 Å². The van der Waals surface area contributed by atoms with Gasteiger partial charge in [0.05, 0.1) is 11.6 Å². The topological polar surface area (TPSA) is 68.7 Å². The fourth-order valence-corrected chi connectivity index (χ4v) is 2.97. The third-order valence-corrected chi connectivity index (χ3v) is 4.21. The monoisotopic (exact) mass is 420 g/mol. The largest absolute Gasteiger partial charge is 0.469 e. The van der Waals surface area contributed by atoms with Gasteiger partial charge in [-0.05, 0) is 46.5 Å². The molecule has 7 heteroatoms. The van der Waals surface area contributed by atoms with Crippen molar-refractivity contribution in [1.29, 1.82) is 0 Å². The average Bonchev–Trinajstić information content (AvgIpc) is 2.64.